The van der Waals surface area contributed by atoms with Crippen molar-refractivity contribution in [1.82, 2.24) is 24.6 Å². The Bertz CT molecular complexity index is 1600. The predicted octanol–water partition coefficient (Wildman–Crippen LogP) is 3.67. The molecule has 9 nitrogen and oxygen atoms in total. The zero-order chi connectivity index (χ0) is 25.4. The Kier molecular flexibility index (Phi) is 6.12. The summed E-state index contributed by atoms with van der Waals surface area (Å²) in [4.78, 5) is 11.9. The molecule has 0 bridgehead atoms. The van der Waals surface area contributed by atoms with Crippen molar-refractivity contribution < 1.29 is 21.9 Å². The number of rotatable bonds is 5. The average Bonchev–Trinajstić information content (AvgIpc) is 3.19. The summed E-state index contributed by atoms with van der Waals surface area (Å²) in [6, 6.07) is 3.57. The molecule has 0 saturated carbocycles. The lowest BCUT2D eigenvalue weighted by molar-refractivity contribution is 0.400. The maximum atomic E-state index is 14.1. The number of benzene rings is 1. The summed E-state index contributed by atoms with van der Waals surface area (Å²) in [7, 11) is -3.13. The van der Waals surface area contributed by atoms with Crippen LogP contribution in [-0.2, 0) is 10.0 Å². The van der Waals surface area contributed by atoms with E-state index < -0.39 is 26.6 Å². The first-order chi connectivity index (χ1) is 16.5. The van der Waals surface area contributed by atoms with Crippen LogP contribution in [0, 0.1) is 28.9 Å². The van der Waals surface area contributed by atoms with Gasteiger partial charge in [-0.2, -0.15) is 9.61 Å². The van der Waals surface area contributed by atoms with Gasteiger partial charge in [-0.05, 0) is 44.9 Å². The minimum absolute atomic E-state index is 0.0618. The summed E-state index contributed by atoms with van der Waals surface area (Å²) in [5.74, 6) is 4.28. The fraction of sp³-hybridized carbons (Fsp3) is 0.217. The molecule has 0 atom stereocenters. The highest BCUT2D eigenvalue weighted by molar-refractivity contribution is 7.92. The van der Waals surface area contributed by atoms with Gasteiger partial charge in [-0.1, -0.05) is 5.92 Å². The zero-order valence-corrected chi connectivity index (χ0v) is 20.0. The number of hydrogen-bond acceptors (Lipinski definition) is 7. The Balaban J connectivity index is 1.75. The smallest absolute Gasteiger partial charge is 0.264 e. The highest BCUT2D eigenvalue weighted by Gasteiger charge is 2.22. The lowest BCUT2D eigenvalue weighted by Crippen LogP contribution is -2.16. The first-order valence-electron chi connectivity index (χ1n) is 10.2. The maximum absolute atomic E-state index is 14.1. The van der Waals surface area contributed by atoms with Gasteiger partial charge in [0.1, 0.15) is 33.6 Å². The molecule has 0 spiro atoms. The van der Waals surface area contributed by atoms with Crippen LogP contribution < -0.4 is 9.46 Å². The number of pyridine rings is 1. The second-order valence-electron chi connectivity index (χ2n) is 8.46. The minimum Gasteiger partial charge on any atom is -0.480 e. The third-order valence-corrected chi connectivity index (χ3v) is 5.96. The van der Waals surface area contributed by atoms with Crippen LogP contribution >= 0.6 is 0 Å². The van der Waals surface area contributed by atoms with Crippen LogP contribution in [0.15, 0.2) is 47.8 Å². The number of sulfonamides is 1. The SMILES string of the molecule is COc1ncc(-c2cnc3ncc(C#CC(C)(C)C)n3n2)cc1NS(=O)(=O)c1ccc(F)cc1F. The van der Waals surface area contributed by atoms with E-state index in [2.05, 4.69) is 36.6 Å². The molecule has 4 rings (SSSR count). The number of nitrogens with zero attached hydrogens (tertiary/aromatic N) is 5. The molecule has 4 aromatic rings. The second-order valence-corrected chi connectivity index (χ2v) is 10.1. The van der Waals surface area contributed by atoms with Crippen molar-refractivity contribution in [3.63, 3.8) is 0 Å². The highest BCUT2D eigenvalue weighted by atomic mass is 32.2. The van der Waals surface area contributed by atoms with E-state index in [0.29, 0.717) is 28.8 Å². The number of ether oxygens (including phenoxy) is 1. The normalized spacial score (nSPS) is 11.7. The third-order valence-electron chi connectivity index (χ3n) is 4.56. The maximum Gasteiger partial charge on any atom is 0.264 e. The van der Waals surface area contributed by atoms with Crippen LogP contribution in [0.25, 0.3) is 17.0 Å². The summed E-state index contributed by atoms with van der Waals surface area (Å²) in [5.41, 5.74) is 0.955. The number of nitrogens with one attached hydrogen (secondary N) is 1. The molecule has 12 heteroatoms. The minimum atomic E-state index is -4.43. The highest BCUT2D eigenvalue weighted by Crippen LogP contribution is 2.30. The molecule has 0 radical (unpaired) electrons. The van der Waals surface area contributed by atoms with Gasteiger partial charge in [-0.3, -0.25) is 4.72 Å². The molecule has 35 heavy (non-hydrogen) atoms. The molecule has 0 aliphatic carbocycles. The molecule has 0 aliphatic rings. The Labute approximate surface area is 200 Å². The fourth-order valence-electron chi connectivity index (χ4n) is 2.97. The first-order valence-corrected chi connectivity index (χ1v) is 11.7. The summed E-state index contributed by atoms with van der Waals surface area (Å²) >= 11 is 0. The summed E-state index contributed by atoms with van der Waals surface area (Å²) in [5, 5.41) is 4.51. The molecule has 0 saturated heterocycles. The second kappa shape index (κ2) is 8.92. The van der Waals surface area contributed by atoms with Crippen LogP contribution in [-0.4, -0.2) is 40.1 Å². The van der Waals surface area contributed by atoms with E-state index >= 15 is 0 Å². The third kappa shape index (κ3) is 5.20. The summed E-state index contributed by atoms with van der Waals surface area (Å²) in [6.07, 6.45) is 4.42. The van der Waals surface area contributed by atoms with Crippen molar-refractivity contribution in [3.05, 3.63) is 60.2 Å². The summed E-state index contributed by atoms with van der Waals surface area (Å²) < 4.78 is 61.8. The van der Waals surface area contributed by atoms with Gasteiger partial charge in [0.2, 0.25) is 5.88 Å². The van der Waals surface area contributed by atoms with Gasteiger partial charge in [0.25, 0.3) is 15.8 Å². The molecule has 3 heterocycles. The Morgan fingerprint density at radius 2 is 1.80 bits per heavy atom. The Morgan fingerprint density at radius 1 is 1.06 bits per heavy atom. The van der Waals surface area contributed by atoms with E-state index in [9.17, 15) is 17.2 Å². The van der Waals surface area contributed by atoms with Gasteiger partial charge in [0, 0.05) is 23.2 Å². The molecule has 0 unspecified atom stereocenters. The topological polar surface area (TPSA) is 111 Å². The molecule has 1 aromatic carbocycles. The summed E-state index contributed by atoms with van der Waals surface area (Å²) in [6.45, 7) is 5.93. The van der Waals surface area contributed by atoms with Crippen molar-refractivity contribution in [2.24, 2.45) is 5.41 Å². The molecule has 1 N–H and O–H groups in total. The number of imidazole rings is 1. The van der Waals surface area contributed by atoms with E-state index in [-0.39, 0.29) is 17.0 Å². The molecule has 0 aliphatic heterocycles. The zero-order valence-electron chi connectivity index (χ0n) is 19.2. The standard InChI is InChI=1S/C23H20F2N6O3S/c1-23(2,3)8-7-16-12-27-22-28-13-19(29-31(16)22)14-9-18(21(34-4)26-11-14)30-35(32,33)20-6-5-15(24)10-17(20)25/h5-6,9-13,30H,1-4H3. The van der Waals surface area contributed by atoms with E-state index in [0.717, 1.165) is 12.1 Å². The van der Waals surface area contributed by atoms with Crippen molar-refractivity contribution in [2.75, 3.05) is 11.8 Å². The number of fused-ring (bicyclic) bond motifs is 1. The average molecular weight is 499 g/mol. The monoisotopic (exact) mass is 498 g/mol. The molecule has 180 valence electrons. The van der Waals surface area contributed by atoms with Gasteiger partial charge in [-0.25, -0.2) is 32.2 Å². The van der Waals surface area contributed by atoms with Gasteiger partial charge >= 0.3 is 0 Å². The lowest BCUT2D eigenvalue weighted by atomic mass is 9.98. The van der Waals surface area contributed by atoms with Crippen LogP contribution in [0.2, 0.25) is 0 Å². The van der Waals surface area contributed by atoms with Crippen molar-refractivity contribution in [3.8, 4) is 29.0 Å². The fourth-order valence-corrected chi connectivity index (χ4v) is 4.07. The predicted molar refractivity (Wildman–Crippen MR) is 124 cm³/mol. The molecular formula is C23H20F2N6O3S. The van der Waals surface area contributed by atoms with Crippen molar-refractivity contribution in [1.29, 1.82) is 0 Å². The van der Waals surface area contributed by atoms with Gasteiger partial charge in [0.05, 0.1) is 19.5 Å². The van der Waals surface area contributed by atoms with E-state index in [1.807, 2.05) is 20.8 Å². The lowest BCUT2D eigenvalue weighted by Gasteiger charge is -2.13. The molecule has 3 aromatic heterocycles. The van der Waals surface area contributed by atoms with Crippen molar-refractivity contribution in [2.45, 2.75) is 25.7 Å². The van der Waals surface area contributed by atoms with Gasteiger partial charge in [0.15, 0.2) is 0 Å². The van der Waals surface area contributed by atoms with Crippen molar-refractivity contribution >= 4 is 21.5 Å². The number of methoxy groups -OCH3 is 1. The molecular weight excluding hydrogens is 478 g/mol. The van der Waals surface area contributed by atoms with E-state index in [1.165, 1.54) is 30.1 Å². The van der Waals surface area contributed by atoms with Crippen LogP contribution in [0.5, 0.6) is 5.88 Å². The molecule has 0 fully saturated rings. The number of hydrogen-bond donors (Lipinski definition) is 1. The first kappa shape index (κ1) is 24.0. The Hall–Kier alpha value is -4.11. The van der Waals surface area contributed by atoms with Gasteiger partial charge in [-0.15, -0.1) is 0 Å². The quantitative estimate of drug-likeness (QED) is 0.418. The van der Waals surface area contributed by atoms with Crippen LogP contribution in [0.1, 0.15) is 26.5 Å². The Morgan fingerprint density at radius 3 is 2.49 bits per heavy atom. The number of halogens is 2. The van der Waals surface area contributed by atoms with E-state index in [4.69, 9.17) is 4.74 Å². The molecule has 0 amide bonds. The van der Waals surface area contributed by atoms with Gasteiger partial charge < -0.3 is 4.74 Å². The number of aromatic nitrogens is 5. The van der Waals surface area contributed by atoms with E-state index in [1.54, 1.807) is 6.20 Å². The largest absolute Gasteiger partial charge is 0.480 e. The van der Waals surface area contributed by atoms with Crippen LogP contribution in [0.4, 0.5) is 14.5 Å². The number of anilines is 1. The van der Waals surface area contributed by atoms with Crippen LogP contribution in [0.3, 0.4) is 0 Å².